The van der Waals surface area contributed by atoms with Crippen molar-refractivity contribution in [1.29, 1.82) is 0 Å². The van der Waals surface area contributed by atoms with E-state index in [0.717, 1.165) is 26.2 Å². The van der Waals surface area contributed by atoms with Crippen molar-refractivity contribution >= 4 is 0 Å². The summed E-state index contributed by atoms with van der Waals surface area (Å²) in [6.45, 7) is 10.3. The van der Waals surface area contributed by atoms with Crippen molar-refractivity contribution in [3.8, 4) is 0 Å². The summed E-state index contributed by atoms with van der Waals surface area (Å²) in [4.78, 5) is 2.45. The SMILES string of the molecule is CCCN(CC)C(CN)C(C)COC. The van der Waals surface area contributed by atoms with Gasteiger partial charge in [-0.2, -0.15) is 0 Å². The average molecular weight is 202 g/mol. The van der Waals surface area contributed by atoms with Gasteiger partial charge in [-0.1, -0.05) is 20.8 Å². The molecule has 2 N–H and O–H groups in total. The third-order valence-corrected chi connectivity index (χ3v) is 2.71. The topological polar surface area (TPSA) is 38.5 Å². The molecule has 0 aromatic rings. The summed E-state index contributed by atoms with van der Waals surface area (Å²) >= 11 is 0. The van der Waals surface area contributed by atoms with Gasteiger partial charge in [0.05, 0.1) is 6.61 Å². The lowest BCUT2D eigenvalue weighted by Crippen LogP contribution is -2.46. The van der Waals surface area contributed by atoms with Crippen LogP contribution >= 0.6 is 0 Å². The van der Waals surface area contributed by atoms with E-state index in [0.29, 0.717) is 12.0 Å². The van der Waals surface area contributed by atoms with Gasteiger partial charge in [-0.15, -0.1) is 0 Å². The first-order chi connectivity index (χ1) is 6.71. The zero-order chi connectivity index (χ0) is 11.0. The van der Waals surface area contributed by atoms with Gasteiger partial charge in [-0.05, 0) is 25.4 Å². The quantitative estimate of drug-likeness (QED) is 0.645. The number of hydrogen-bond donors (Lipinski definition) is 1. The van der Waals surface area contributed by atoms with Crippen molar-refractivity contribution in [2.24, 2.45) is 11.7 Å². The van der Waals surface area contributed by atoms with E-state index in [1.807, 2.05) is 0 Å². The molecule has 0 aromatic carbocycles. The number of methoxy groups -OCH3 is 1. The van der Waals surface area contributed by atoms with Crippen LogP contribution in [-0.2, 0) is 4.74 Å². The first-order valence-corrected chi connectivity index (χ1v) is 5.64. The number of nitrogens with two attached hydrogens (primary N) is 1. The van der Waals surface area contributed by atoms with Crippen molar-refractivity contribution in [1.82, 2.24) is 4.90 Å². The van der Waals surface area contributed by atoms with Gasteiger partial charge in [0.15, 0.2) is 0 Å². The molecule has 0 fully saturated rings. The second-order valence-corrected chi connectivity index (χ2v) is 3.86. The number of rotatable bonds is 8. The van der Waals surface area contributed by atoms with Crippen molar-refractivity contribution in [2.45, 2.75) is 33.2 Å². The van der Waals surface area contributed by atoms with Crippen LogP contribution in [0.15, 0.2) is 0 Å². The maximum absolute atomic E-state index is 5.81. The molecule has 0 aliphatic heterocycles. The Kier molecular flexibility index (Phi) is 8.14. The molecule has 0 aliphatic rings. The smallest absolute Gasteiger partial charge is 0.0503 e. The van der Waals surface area contributed by atoms with E-state index in [1.165, 1.54) is 6.42 Å². The molecular formula is C11H26N2O. The van der Waals surface area contributed by atoms with Gasteiger partial charge in [0.25, 0.3) is 0 Å². The highest BCUT2D eigenvalue weighted by Gasteiger charge is 2.21. The van der Waals surface area contributed by atoms with Gasteiger partial charge in [-0.25, -0.2) is 0 Å². The van der Waals surface area contributed by atoms with E-state index in [-0.39, 0.29) is 0 Å². The largest absolute Gasteiger partial charge is 0.384 e. The normalized spacial score (nSPS) is 15.9. The van der Waals surface area contributed by atoms with Crippen molar-refractivity contribution < 1.29 is 4.74 Å². The molecule has 0 heterocycles. The Morgan fingerprint density at radius 2 is 2.00 bits per heavy atom. The highest BCUT2D eigenvalue weighted by Crippen LogP contribution is 2.11. The number of hydrogen-bond acceptors (Lipinski definition) is 3. The summed E-state index contributed by atoms with van der Waals surface area (Å²) in [7, 11) is 1.75. The average Bonchev–Trinajstić information content (AvgIpc) is 2.18. The zero-order valence-electron chi connectivity index (χ0n) is 10.1. The van der Waals surface area contributed by atoms with Gasteiger partial charge >= 0.3 is 0 Å². The Labute approximate surface area is 88.6 Å². The predicted molar refractivity (Wildman–Crippen MR) is 61.4 cm³/mol. The van der Waals surface area contributed by atoms with E-state index in [9.17, 15) is 0 Å². The molecule has 0 saturated heterocycles. The third-order valence-electron chi connectivity index (χ3n) is 2.71. The molecule has 3 heteroatoms. The summed E-state index contributed by atoms with van der Waals surface area (Å²) in [6, 6.07) is 0.458. The fraction of sp³-hybridized carbons (Fsp3) is 1.00. The lowest BCUT2D eigenvalue weighted by atomic mass is 10.0. The summed E-state index contributed by atoms with van der Waals surface area (Å²) in [5.74, 6) is 0.511. The van der Waals surface area contributed by atoms with E-state index < -0.39 is 0 Å². The first kappa shape index (κ1) is 13.9. The lowest BCUT2D eigenvalue weighted by Gasteiger charge is -2.33. The highest BCUT2D eigenvalue weighted by atomic mass is 16.5. The number of ether oxygens (including phenoxy) is 1. The second-order valence-electron chi connectivity index (χ2n) is 3.86. The Balaban J connectivity index is 4.18. The maximum Gasteiger partial charge on any atom is 0.0503 e. The summed E-state index contributed by atoms with van der Waals surface area (Å²) in [5.41, 5.74) is 5.81. The molecule has 0 rings (SSSR count). The summed E-state index contributed by atoms with van der Waals surface area (Å²) in [6.07, 6.45) is 1.18. The van der Waals surface area contributed by atoms with Crippen LogP contribution in [-0.4, -0.2) is 44.3 Å². The van der Waals surface area contributed by atoms with Crippen LogP contribution in [0.4, 0.5) is 0 Å². The summed E-state index contributed by atoms with van der Waals surface area (Å²) in [5, 5.41) is 0. The van der Waals surface area contributed by atoms with Gasteiger partial charge in [0.1, 0.15) is 0 Å². The molecule has 2 unspecified atom stereocenters. The predicted octanol–water partition coefficient (Wildman–Crippen LogP) is 1.33. The van der Waals surface area contributed by atoms with Crippen LogP contribution in [0.2, 0.25) is 0 Å². The fourth-order valence-electron chi connectivity index (χ4n) is 1.96. The van der Waals surface area contributed by atoms with E-state index >= 15 is 0 Å². The van der Waals surface area contributed by atoms with Crippen LogP contribution < -0.4 is 5.73 Å². The highest BCUT2D eigenvalue weighted by molar-refractivity contribution is 4.76. The van der Waals surface area contributed by atoms with Crippen molar-refractivity contribution in [2.75, 3.05) is 33.4 Å². The molecule has 14 heavy (non-hydrogen) atoms. The molecule has 0 radical (unpaired) electrons. The van der Waals surface area contributed by atoms with Crippen LogP contribution in [0.25, 0.3) is 0 Å². The molecule has 0 aliphatic carbocycles. The van der Waals surface area contributed by atoms with Gasteiger partial charge in [-0.3, -0.25) is 4.90 Å². The van der Waals surface area contributed by atoms with Crippen molar-refractivity contribution in [3.05, 3.63) is 0 Å². The minimum absolute atomic E-state index is 0.458. The fourth-order valence-corrected chi connectivity index (χ4v) is 1.96. The Morgan fingerprint density at radius 3 is 2.36 bits per heavy atom. The van der Waals surface area contributed by atoms with Gasteiger partial charge in [0.2, 0.25) is 0 Å². The molecule has 0 saturated carbocycles. The molecule has 0 aromatic heterocycles. The molecular weight excluding hydrogens is 176 g/mol. The van der Waals surface area contributed by atoms with Crippen molar-refractivity contribution in [3.63, 3.8) is 0 Å². The Hall–Kier alpha value is -0.120. The van der Waals surface area contributed by atoms with Gasteiger partial charge in [0, 0.05) is 19.7 Å². The Bertz CT molecular complexity index is 130. The van der Waals surface area contributed by atoms with Crippen LogP contribution in [0.5, 0.6) is 0 Å². The third kappa shape index (κ3) is 4.40. The Morgan fingerprint density at radius 1 is 1.36 bits per heavy atom. The number of likely N-dealkylation sites (N-methyl/N-ethyl adjacent to an activating group) is 1. The molecule has 0 bridgehead atoms. The maximum atomic E-state index is 5.81. The molecule has 0 spiro atoms. The molecule has 0 amide bonds. The molecule has 3 nitrogen and oxygen atoms in total. The van der Waals surface area contributed by atoms with E-state index in [4.69, 9.17) is 10.5 Å². The standard InChI is InChI=1S/C11H26N2O/c1-5-7-13(6-2)11(8-12)10(3)9-14-4/h10-11H,5-9,12H2,1-4H3. The van der Waals surface area contributed by atoms with Crippen LogP contribution in [0, 0.1) is 5.92 Å². The minimum atomic E-state index is 0.458. The lowest BCUT2D eigenvalue weighted by molar-refractivity contribution is 0.0878. The zero-order valence-corrected chi connectivity index (χ0v) is 10.1. The second kappa shape index (κ2) is 8.21. The van der Waals surface area contributed by atoms with Gasteiger partial charge < -0.3 is 10.5 Å². The van der Waals surface area contributed by atoms with Crippen LogP contribution in [0.1, 0.15) is 27.2 Å². The minimum Gasteiger partial charge on any atom is -0.384 e. The number of nitrogens with zero attached hydrogens (tertiary/aromatic N) is 1. The van der Waals surface area contributed by atoms with E-state index in [1.54, 1.807) is 7.11 Å². The van der Waals surface area contributed by atoms with E-state index in [2.05, 4.69) is 25.7 Å². The van der Waals surface area contributed by atoms with Crippen LogP contribution in [0.3, 0.4) is 0 Å². The molecule has 2 atom stereocenters. The summed E-state index contributed by atoms with van der Waals surface area (Å²) < 4.78 is 5.18. The monoisotopic (exact) mass is 202 g/mol. The molecule has 86 valence electrons. The first-order valence-electron chi connectivity index (χ1n) is 5.64.